The second kappa shape index (κ2) is 13.2. The maximum atomic E-state index is 7.04. The normalized spacial score (nSPS) is 11.6. The van der Waals surface area contributed by atoms with Crippen LogP contribution in [0.25, 0.3) is 87.6 Å². The molecule has 0 fully saturated rings. The first-order valence-corrected chi connectivity index (χ1v) is 19.2. The summed E-state index contributed by atoms with van der Waals surface area (Å²) < 4.78 is 7.04. The third kappa shape index (κ3) is 5.11. The van der Waals surface area contributed by atoms with Crippen LogP contribution in [0.3, 0.4) is 0 Å². The smallest absolute Gasteiger partial charge is 0.159 e. The average Bonchev–Trinajstić information content (AvgIpc) is 3.67. The van der Waals surface area contributed by atoms with Crippen molar-refractivity contribution in [3.8, 4) is 33.4 Å². The van der Waals surface area contributed by atoms with Crippen LogP contribution in [0.5, 0.6) is 0 Å². The van der Waals surface area contributed by atoms with Gasteiger partial charge in [-0.2, -0.15) is 0 Å². The van der Waals surface area contributed by atoms with E-state index in [4.69, 9.17) is 4.42 Å². The molecule has 0 atom stereocenters. The van der Waals surface area contributed by atoms with Gasteiger partial charge in [0.15, 0.2) is 5.58 Å². The Morgan fingerprint density at radius 3 is 1.57 bits per heavy atom. The van der Waals surface area contributed by atoms with Crippen molar-refractivity contribution in [2.45, 2.75) is 0 Å². The Hall–Kier alpha value is -7.42. The van der Waals surface area contributed by atoms with Gasteiger partial charge in [0.05, 0.1) is 11.4 Å². The van der Waals surface area contributed by atoms with E-state index in [1.165, 1.54) is 43.8 Å². The van der Waals surface area contributed by atoms with Gasteiger partial charge >= 0.3 is 0 Å². The Bertz CT molecular complexity index is 3240. The summed E-state index contributed by atoms with van der Waals surface area (Å²) in [7, 11) is 0. The van der Waals surface area contributed by atoms with Crippen LogP contribution in [0.4, 0.5) is 17.1 Å². The van der Waals surface area contributed by atoms with Crippen molar-refractivity contribution in [3.05, 3.63) is 212 Å². The topological polar surface area (TPSA) is 16.4 Å². The van der Waals surface area contributed by atoms with Crippen LogP contribution in [-0.4, -0.2) is 0 Å². The molecule has 1 aromatic heterocycles. The summed E-state index contributed by atoms with van der Waals surface area (Å²) in [6.45, 7) is 0. The van der Waals surface area contributed by atoms with Crippen LogP contribution < -0.4 is 4.90 Å². The van der Waals surface area contributed by atoms with E-state index >= 15 is 0 Å². The minimum atomic E-state index is 0.855. The second-order valence-corrected chi connectivity index (χ2v) is 14.4. The molecule has 11 rings (SSSR count). The van der Waals surface area contributed by atoms with Crippen molar-refractivity contribution in [1.82, 2.24) is 0 Å². The summed E-state index contributed by atoms with van der Waals surface area (Å²) in [5.74, 6) is 0. The molecule has 0 N–H and O–H groups in total. The van der Waals surface area contributed by atoms with Crippen LogP contribution in [0, 0.1) is 0 Å². The highest BCUT2D eigenvalue weighted by molar-refractivity contribution is 6.23. The number of benzene rings is 10. The molecule has 0 amide bonds. The first-order chi connectivity index (χ1) is 27.8. The van der Waals surface area contributed by atoms with E-state index in [2.05, 4.69) is 217 Å². The minimum absolute atomic E-state index is 0.855. The summed E-state index contributed by atoms with van der Waals surface area (Å²) in [5.41, 5.74) is 12.0. The Morgan fingerprint density at radius 1 is 0.304 bits per heavy atom. The summed E-state index contributed by atoms with van der Waals surface area (Å²) >= 11 is 0. The van der Waals surface area contributed by atoms with Crippen molar-refractivity contribution in [3.63, 3.8) is 0 Å². The molecule has 0 aliphatic carbocycles. The van der Waals surface area contributed by atoms with Crippen molar-refractivity contribution in [2.75, 3.05) is 4.90 Å². The zero-order valence-corrected chi connectivity index (χ0v) is 30.6. The highest BCUT2D eigenvalue weighted by atomic mass is 16.3. The predicted molar refractivity (Wildman–Crippen MR) is 237 cm³/mol. The SMILES string of the molecule is c1ccc(-c2ccccc2N(c2ccc3c(c2)c(-c2ccccc2)c(-c2ccccc2)c2ccccc23)c2cccc3c2oc2c4ccccc4ccc32)cc1. The number of rotatable bonds is 6. The Kier molecular flexibility index (Phi) is 7.53. The molecule has 0 unspecified atom stereocenters. The molecule has 0 aliphatic rings. The highest BCUT2D eigenvalue weighted by Crippen LogP contribution is 2.49. The molecule has 1 heterocycles. The first kappa shape index (κ1) is 32.0. The maximum absolute atomic E-state index is 7.04. The maximum Gasteiger partial charge on any atom is 0.159 e. The van der Waals surface area contributed by atoms with Gasteiger partial charge in [-0.05, 0) is 85.1 Å². The van der Waals surface area contributed by atoms with Crippen LogP contribution in [0.2, 0.25) is 0 Å². The summed E-state index contributed by atoms with van der Waals surface area (Å²) in [6, 6.07) is 76.4. The summed E-state index contributed by atoms with van der Waals surface area (Å²) in [5, 5.41) is 9.36. The molecule has 0 saturated carbocycles. The van der Waals surface area contributed by atoms with Gasteiger partial charge in [-0.25, -0.2) is 0 Å². The van der Waals surface area contributed by atoms with Gasteiger partial charge < -0.3 is 9.32 Å². The quantitative estimate of drug-likeness (QED) is 0.160. The molecule has 2 heteroatoms. The predicted octanol–water partition coefficient (Wildman–Crippen LogP) is 15.5. The standard InChI is InChI=1S/C54H35NO/c1-4-17-36(18-5-1)41-24-14-15-29-49(41)55(50-30-16-28-46-47-33-31-37-19-10-11-25-42(37)53(47)56-54(46)50)40-32-34-44-43-26-12-13-27-45(43)51(38-20-6-2-7-21-38)52(48(44)35-40)39-22-8-3-9-23-39/h1-35H. The molecule has 0 aliphatic heterocycles. The molecule has 0 bridgehead atoms. The fraction of sp³-hybridized carbons (Fsp3) is 0. The van der Waals surface area contributed by atoms with Crippen LogP contribution in [0.1, 0.15) is 0 Å². The largest absolute Gasteiger partial charge is 0.453 e. The van der Waals surface area contributed by atoms with E-state index in [1.807, 2.05) is 0 Å². The van der Waals surface area contributed by atoms with E-state index in [1.54, 1.807) is 0 Å². The number of nitrogens with zero attached hydrogens (tertiary/aromatic N) is 1. The number of para-hydroxylation sites is 2. The third-order valence-electron chi connectivity index (χ3n) is 11.2. The molecule has 0 spiro atoms. The van der Waals surface area contributed by atoms with Gasteiger partial charge in [0, 0.05) is 27.4 Å². The number of hydrogen-bond donors (Lipinski definition) is 0. The zero-order chi connectivity index (χ0) is 37.0. The molecular weight excluding hydrogens is 679 g/mol. The number of furan rings is 1. The number of hydrogen-bond acceptors (Lipinski definition) is 2. The lowest BCUT2D eigenvalue weighted by Gasteiger charge is -2.29. The molecule has 10 aromatic carbocycles. The molecule has 262 valence electrons. The fourth-order valence-electron chi connectivity index (χ4n) is 8.75. The van der Waals surface area contributed by atoms with Crippen molar-refractivity contribution in [2.24, 2.45) is 0 Å². The number of anilines is 3. The Labute approximate surface area is 325 Å². The highest BCUT2D eigenvalue weighted by Gasteiger charge is 2.24. The van der Waals surface area contributed by atoms with Crippen molar-refractivity contribution < 1.29 is 4.42 Å². The molecule has 2 nitrogen and oxygen atoms in total. The lowest BCUT2D eigenvalue weighted by Crippen LogP contribution is -2.11. The summed E-state index contributed by atoms with van der Waals surface area (Å²) in [4.78, 5) is 2.40. The van der Waals surface area contributed by atoms with Crippen molar-refractivity contribution >= 4 is 71.3 Å². The first-order valence-electron chi connectivity index (χ1n) is 19.2. The monoisotopic (exact) mass is 713 g/mol. The molecule has 0 radical (unpaired) electrons. The van der Waals surface area contributed by atoms with Crippen molar-refractivity contribution in [1.29, 1.82) is 0 Å². The van der Waals surface area contributed by atoms with E-state index in [-0.39, 0.29) is 0 Å². The van der Waals surface area contributed by atoms with E-state index in [0.29, 0.717) is 0 Å². The molecule has 11 aromatic rings. The second-order valence-electron chi connectivity index (χ2n) is 14.4. The van der Waals surface area contributed by atoms with Gasteiger partial charge in [-0.1, -0.05) is 182 Å². The lowest BCUT2D eigenvalue weighted by atomic mass is 9.85. The van der Waals surface area contributed by atoms with E-state index in [9.17, 15) is 0 Å². The zero-order valence-electron chi connectivity index (χ0n) is 30.6. The van der Waals surface area contributed by atoms with Gasteiger partial charge in [-0.15, -0.1) is 0 Å². The van der Waals surface area contributed by atoms with Gasteiger partial charge in [-0.3, -0.25) is 0 Å². The Morgan fingerprint density at radius 2 is 0.821 bits per heavy atom. The molecule has 56 heavy (non-hydrogen) atoms. The van der Waals surface area contributed by atoms with Gasteiger partial charge in [0.2, 0.25) is 0 Å². The van der Waals surface area contributed by atoms with E-state index in [0.717, 1.165) is 60.9 Å². The van der Waals surface area contributed by atoms with Gasteiger partial charge in [0.25, 0.3) is 0 Å². The van der Waals surface area contributed by atoms with Crippen LogP contribution >= 0.6 is 0 Å². The van der Waals surface area contributed by atoms with Crippen LogP contribution in [0.15, 0.2) is 217 Å². The average molecular weight is 714 g/mol. The Balaban J connectivity index is 1.26. The summed E-state index contributed by atoms with van der Waals surface area (Å²) in [6.07, 6.45) is 0. The van der Waals surface area contributed by atoms with Gasteiger partial charge in [0.1, 0.15) is 5.58 Å². The fourth-order valence-corrected chi connectivity index (χ4v) is 8.75. The molecule has 0 saturated heterocycles. The van der Waals surface area contributed by atoms with Crippen LogP contribution in [-0.2, 0) is 0 Å². The minimum Gasteiger partial charge on any atom is -0.453 e. The van der Waals surface area contributed by atoms with E-state index < -0.39 is 0 Å². The third-order valence-corrected chi connectivity index (χ3v) is 11.2. The lowest BCUT2D eigenvalue weighted by molar-refractivity contribution is 0.673. The molecular formula is C54H35NO. The number of fused-ring (bicyclic) bond motifs is 8.